The fraction of sp³-hybridized carbons (Fsp3) is 0.953. The molecule has 0 unspecified atom stereocenters. The molecule has 0 rings (SSSR count). The molecule has 0 aromatic heterocycles. The Morgan fingerprint density at radius 1 is 0.277 bits per heavy atom. The molecule has 0 spiro atoms. The summed E-state index contributed by atoms with van der Waals surface area (Å²) in [6, 6.07) is 0. The van der Waals surface area contributed by atoms with Crippen LogP contribution in [0.25, 0.3) is 0 Å². The highest BCUT2D eigenvalue weighted by Gasteiger charge is 2.03. The van der Waals surface area contributed by atoms with Gasteiger partial charge in [0.25, 0.3) is 0 Å². The molecule has 0 atom stereocenters. The van der Waals surface area contributed by atoms with Gasteiger partial charge in [0.15, 0.2) is 0 Å². The molecule has 0 fully saturated rings. The highest BCUT2D eigenvalue weighted by Crippen LogP contribution is 2.15. The van der Waals surface area contributed by atoms with Crippen LogP contribution in [0.15, 0.2) is 0 Å². The minimum absolute atomic E-state index is 0.211. The molecule has 0 aromatic rings. The normalized spacial score (nSPS) is 11.3. The lowest BCUT2D eigenvalue weighted by atomic mass is 10.0. The molecule has 0 radical (unpaired) electrons. The van der Waals surface area contributed by atoms with Gasteiger partial charge in [-0.1, -0.05) is 206 Å². The number of unbranched alkanes of at least 4 members (excludes halogenated alkanes) is 32. The topological polar surface area (TPSA) is 58.2 Å². The van der Waals surface area contributed by atoms with Crippen LogP contribution in [0.1, 0.15) is 251 Å². The van der Waals surface area contributed by atoms with E-state index in [1.165, 1.54) is 193 Å². The number of amides is 2. The Balaban J connectivity index is 3.24. The van der Waals surface area contributed by atoms with E-state index in [4.69, 9.17) is 0 Å². The molecule has 0 aliphatic carbocycles. The fourth-order valence-corrected chi connectivity index (χ4v) is 6.73. The first-order valence-electron chi connectivity index (χ1n) is 21.7. The maximum atomic E-state index is 12.1. The summed E-state index contributed by atoms with van der Waals surface area (Å²) in [6.07, 6.45) is 48.0. The molecular formula is C43H86N2O2. The van der Waals surface area contributed by atoms with E-state index in [1.807, 2.05) is 0 Å². The third-order valence-corrected chi connectivity index (χ3v) is 10.0. The molecule has 4 heteroatoms. The molecule has 2 amide bonds. The van der Waals surface area contributed by atoms with Crippen LogP contribution in [0.5, 0.6) is 0 Å². The van der Waals surface area contributed by atoms with E-state index >= 15 is 0 Å². The molecular weight excluding hydrogens is 576 g/mol. The molecule has 0 heterocycles. The molecule has 0 saturated heterocycles. The second kappa shape index (κ2) is 41.1. The summed E-state index contributed by atoms with van der Waals surface area (Å²) >= 11 is 0. The van der Waals surface area contributed by atoms with Crippen molar-refractivity contribution in [2.24, 2.45) is 0 Å². The Morgan fingerprint density at radius 3 is 0.702 bits per heavy atom. The van der Waals surface area contributed by atoms with Crippen LogP contribution >= 0.6 is 0 Å². The summed E-state index contributed by atoms with van der Waals surface area (Å²) in [5, 5.41) is 6.16. The van der Waals surface area contributed by atoms with Crippen LogP contribution in [0.3, 0.4) is 0 Å². The Morgan fingerprint density at radius 2 is 0.468 bits per heavy atom. The summed E-state index contributed by atoms with van der Waals surface area (Å²) in [5.74, 6) is 0.421. The lowest BCUT2D eigenvalue weighted by Gasteiger charge is -2.07. The van der Waals surface area contributed by atoms with Gasteiger partial charge >= 0.3 is 0 Å². The van der Waals surface area contributed by atoms with Crippen LogP contribution in [0.2, 0.25) is 0 Å². The van der Waals surface area contributed by atoms with Gasteiger partial charge < -0.3 is 10.6 Å². The molecule has 0 aliphatic rings. The highest BCUT2D eigenvalue weighted by atomic mass is 16.2. The van der Waals surface area contributed by atoms with Gasteiger partial charge in [0, 0.05) is 25.9 Å². The summed E-state index contributed by atoms with van der Waals surface area (Å²) in [7, 11) is 0. The van der Waals surface area contributed by atoms with E-state index in [9.17, 15) is 9.59 Å². The van der Waals surface area contributed by atoms with E-state index in [1.54, 1.807) is 0 Å². The van der Waals surface area contributed by atoms with E-state index in [2.05, 4.69) is 24.5 Å². The summed E-state index contributed by atoms with van der Waals surface area (Å²) < 4.78 is 0. The quantitative estimate of drug-likeness (QED) is 0.0641. The van der Waals surface area contributed by atoms with Gasteiger partial charge in [-0.2, -0.15) is 0 Å². The first-order valence-corrected chi connectivity index (χ1v) is 21.7. The number of nitrogens with one attached hydrogen (secondary N) is 2. The minimum atomic E-state index is 0.211. The number of hydrogen-bond acceptors (Lipinski definition) is 2. The van der Waals surface area contributed by atoms with Gasteiger partial charge in [-0.25, -0.2) is 0 Å². The van der Waals surface area contributed by atoms with E-state index < -0.39 is 0 Å². The Kier molecular flexibility index (Phi) is 40.2. The largest absolute Gasteiger partial charge is 0.356 e. The van der Waals surface area contributed by atoms with Gasteiger partial charge in [0.1, 0.15) is 0 Å². The van der Waals surface area contributed by atoms with Gasteiger partial charge in [-0.15, -0.1) is 0 Å². The van der Waals surface area contributed by atoms with Crippen molar-refractivity contribution in [2.75, 3.05) is 13.1 Å². The minimum Gasteiger partial charge on any atom is -0.356 e. The smallest absolute Gasteiger partial charge is 0.219 e. The number of hydrogen-bond donors (Lipinski definition) is 2. The van der Waals surface area contributed by atoms with Gasteiger partial charge in [0.2, 0.25) is 11.8 Å². The van der Waals surface area contributed by atoms with Crippen molar-refractivity contribution in [1.82, 2.24) is 10.6 Å². The van der Waals surface area contributed by atoms with Crippen molar-refractivity contribution < 1.29 is 9.59 Å². The van der Waals surface area contributed by atoms with E-state index in [-0.39, 0.29) is 11.8 Å². The maximum Gasteiger partial charge on any atom is 0.219 e. The van der Waals surface area contributed by atoms with Crippen molar-refractivity contribution in [3.8, 4) is 0 Å². The molecule has 280 valence electrons. The number of rotatable bonds is 40. The van der Waals surface area contributed by atoms with Crippen molar-refractivity contribution in [3.05, 3.63) is 0 Å². The fourth-order valence-electron chi connectivity index (χ4n) is 6.73. The molecule has 2 N–H and O–H groups in total. The summed E-state index contributed by atoms with van der Waals surface area (Å²) in [5.41, 5.74) is 0. The zero-order chi connectivity index (χ0) is 34.1. The van der Waals surface area contributed by atoms with Crippen LogP contribution in [-0.2, 0) is 9.59 Å². The van der Waals surface area contributed by atoms with Crippen LogP contribution in [0.4, 0.5) is 0 Å². The molecule has 4 nitrogen and oxygen atoms in total. The number of carbonyl (C=O) groups excluding carboxylic acids is 2. The standard InChI is InChI=1S/C43H86N2O2/c1-3-5-7-9-11-13-15-17-19-21-23-25-27-29-31-34-38-42(46)44-40-36-33-37-41-45-43(47)39-35-32-30-28-26-24-22-20-18-16-14-12-10-8-6-4-2/h3-41H2,1-2H3,(H,44,46)(H,45,47). The van der Waals surface area contributed by atoms with Gasteiger partial charge in [0.05, 0.1) is 0 Å². The average Bonchev–Trinajstić information content (AvgIpc) is 3.07. The predicted molar refractivity (Wildman–Crippen MR) is 208 cm³/mol. The van der Waals surface area contributed by atoms with Gasteiger partial charge in [-0.05, 0) is 32.1 Å². The van der Waals surface area contributed by atoms with Crippen LogP contribution in [0, 0.1) is 0 Å². The second-order valence-electron chi connectivity index (χ2n) is 14.9. The third kappa shape index (κ3) is 41.0. The average molecular weight is 663 g/mol. The maximum absolute atomic E-state index is 12.1. The summed E-state index contributed by atoms with van der Waals surface area (Å²) in [4.78, 5) is 24.2. The molecule has 0 aliphatic heterocycles. The Hall–Kier alpha value is -1.06. The SMILES string of the molecule is CCCCCCCCCCCCCCCCCCC(=O)NCCCCCNC(=O)CCCCCCCCCCCCCCCCCC. The van der Waals surface area contributed by atoms with Crippen molar-refractivity contribution in [2.45, 2.75) is 251 Å². The monoisotopic (exact) mass is 663 g/mol. The first kappa shape index (κ1) is 45.9. The predicted octanol–water partition coefficient (Wildman–Crippen LogP) is 13.7. The van der Waals surface area contributed by atoms with E-state index in [0.717, 1.165) is 45.2 Å². The molecule has 0 bridgehead atoms. The third-order valence-electron chi connectivity index (χ3n) is 10.0. The van der Waals surface area contributed by atoms with Crippen molar-refractivity contribution in [3.63, 3.8) is 0 Å². The highest BCUT2D eigenvalue weighted by molar-refractivity contribution is 5.76. The first-order chi connectivity index (χ1) is 23.2. The lowest BCUT2D eigenvalue weighted by Crippen LogP contribution is -2.25. The van der Waals surface area contributed by atoms with Crippen molar-refractivity contribution >= 4 is 11.8 Å². The Labute approximate surface area is 295 Å². The van der Waals surface area contributed by atoms with E-state index in [0.29, 0.717) is 12.8 Å². The molecule has 0 saturated carbocycles. The Bertz CT molecular complexity index is 571. The molecule has 0 aromatic carbocycles. The van der Waals surface area contributed by atoms with Crippen molar-refractivity contribution in [1.29, 1.82) is 0 Å². The van der Waals surface area contributed by atoms with Crippen LogP contribution < -0.4 is 10.6 Å². The second-order valence-corrected chi connectivity index (χ2v) is 14.9. The van der Waals surface area contributed by atoms with Crippen LogP contribution in [-0.4, -0.2) is 24.9 Å². The number of carbonyl (C=O) groups is 2. The molecule has 47 heavy (non-hydrogen) atoms. The summed E-state index contributed by atoms with van der Waals surface area (Å²) in [6.45, 7) is 6.11. The van der Waals surface area contributed by atoms with Gasteiger partial charge in [-0.3, -0.25) is 9.59 Å². The zero-order valence-electron chi connectivity index (χ0n) is 32.4. The lowest BCUT2D eigenvalue weighted by molar-refractivity contribution is -0.121. The zero-order valence-corrected chi connectivity index (χ0v) is 32.4.